The normalized spacial score (nSPS) is 22.9. The van der Waals surface area contributed by atoms with Crippen LogP contribution < -0.4 is 11.1 Å². The van der Waals surface area contributed by atoms with Gasteiger partial charge in [-0.25, -0.2) is 0 Å². The highest BCUT2D eigenvalue weighted by molar-refractivity contribution is 6.47. The molecule has 1 aliphatic heterocycles. The molecule has 1 aromatic rings. The molecule has 2 aliphatic rings. The number of allylic oxidation sites excluding steroid dienone is 3. The predicted molar refractivity (Wildman–Crippen MR) is 165 cm³/mol. The maximum absolute atomic E-state index is 14.3. The molecule has 218 valence electrons. The first-order valence-electron chi connectivity index (χ1n) is 14.4. The number of nitrogens with one attached hydrogen (secondary N) is 2. The van der Waals surface area contributed by atoms with Crippen LogP contribution in [0.1, 0.15) is 102 Å². The lowest BCUT2D eigenvalue weighted by atomic mass is 9.69. The molecule has 1 saturated carbocycles. The summed E-state index contributed by atoms with van der Waals surface area (Å²) in [7, 11) is 0. The van der Waals surface area contributed by atoms with Crippen LogP contribution in [-0.2, 0) is 4.79 Å². The van der Waals surface area contributed by atoms with Gasteiger partial charge in [0.25, 0.3) is 11.8 Å². The zero-order chi connectivity index (χ0) is 29.7. The van der Waals surface area contributed by atoms with Gasteiger partial charge >= 0.3 is 0 Å². The van der Waals surface area contributed by atoms with Crippen molar-refractivity contribution in [1.82, 2.24) is 10.2 Å². The van der Waals surface area contributed by atoms with Gasteiger partial charge in [0.05, 0.1) is 12.6 Å². The van der Waals surface area contributed by atoms with Crippen LogP contribution in [0.3, 0.4) is 0 Å². The number of hydrogen-bond donors (Lipinski definition) is 3. The van der Waals surface area contributed by atoms with Crippen LogP contribution in [0.15, 0.2) is 52.6 Å². The van der Waals surface area contributed by atoms with Gasteiger partial charge in [-0.3, -0.25) is 20.0 Å². The van der Waals surface area contributed by atoms with E-state index < -0.39 is 5.66 Å². The van der Waals surface area contributed by atoms with E-state index in [9.17, 15) is 9.59 Å². The Bertz CT molecular complexity index is 1180. The number of benzene rings is 1. The predicted octanol–water partition coefficient (Wildman–Crippen LogP) is 6.54. The van der Waals surface area contributed by atoms with Crippen molar-refractivity contribution in [1.29, 1.82) is 5.41 Å². The summed E-state index contributed by atoms with van der Waals surface area (Å²) in [5, 5.41) is 9.98. The molecule has 40 heavy (non-hydrogen) atoms. The van der Waals surface area contributed by atoms with E-state index in [1.54, 1.807) is 12.1 Å². The monoisotopic (exact) mass is 567 g/mol. The molecule has 7 nitrogen and oxygen atoms in total. The first kappa shape index (κ1) is 31.6. The molecular weight excluding hydrogens is 522 g/mol. The largest absolute Gasteiger partial charge is 0.386 e. The Morgan fingerprint density at radius 1 is 1.25 bits per heavy atom. The van der Waals surface area contributed by atoms with E-state index in [2.05, 4.69) is 46.9 Å². The fraction of sp³-hybridized carbons (Fsp3) is 0.562. The first-order valence-corrected chi connectivity index (χ1v) is 15.0. The van der Waals surface area contributed by atoms with Crippen LogP contribution in [0.2, 0.25) is 0 Å². The lowest BCUT2D eigenvalue weighted by molar-refractivity contribution is -0.133. The molecule has 0 bridgehead atoms. The van der Waals surface area contributed by atoms with E-state index in [0.717, 1.165) is 43.2 Å². The Morgan fingerprint density at radius 3 is 2.38 bits per heavy atom. The van der Waals surface area contributed by atoms with Crippen LogP contribution in [0.5, 0.6) is 0 Å². The third-order valence-corrected chi connectivity index (χ3v) is 8.58. The number of aliphatic imine (C=N–C) groups is 1. The van der Waals surface area contributed by atoms with Crippen molar-refractivity contribution in [3.63, 3.8) is 0 Å². The van der Waals surface area contributed by atoms with Crippen molar-refractivity contribution < 1.29 is 9.59 Å². The third kappa shape index (κ3) is 7.03. The quantitative estimate of drug-likeness (QED) is 0.129. The van der Waals surface area contributed by atoms with E-state index in [0.29, 0.717) is 29.5 Å². The van der Waals surface area contributed by atoms with Crippen molar-refractivity contribution in [3.8, 4) is 0 Å². The Labute approximate surface area is 244 Å². The van der Waals surface area contributed by atoms with Crippen molar-refractivity contribution in [3.05, 3.63) is 58.7 Å². The summed E-state index contributed by atoms with van der Waals surface area (Å²) >= 11 is 6.16. The van der Waals surface area contributed by atoms with Gasteiger partial charge in [-0.1, -0.05) is 64.5 Å². The van der Waals surface area contributed by atoms with Gasteiger partial charge in [0.2, 0.25) is 0 Å². The van der Waals surface area contributed by atoms with Crippen molar-refractivity contribution >= 4 is 35.0 Å². The maximum atomic E-state index is 14.3. The SMILES string of the molecule is CC/C(C)=C\C(=C/CCl)C1=NC2(CCC(C(C)(C)C)CC2)N(C(CC)c2ccc(C(=O)NCC(=N)N)cc2)C1=O. The maximum Gasteiger partial charge on any atom is 0.275 e. The molecule has 1 aromatic carbocycles. The molecule has 0 saturated heterocycles. The summed E-state index contributed by atoms with van der Waals surface area (Å²) in [5.41, 5.74) is 8.89. The van der Waals surface area contributed by atoms with E-state index in [-0.39, 0.29) is 35.7 Å². The summed E-state index contributed by atoms with van der Waals surface area (Å²) < 4.78 is 0. The minimum atomic E-state index is -0.605. The van der Waals surface area contributed by atoms with Gasteiger partial charge < -0.3 is 16.0 Å². The van der Waals surface area contributed by atoms with Crippen LogP contribution >= 0.6 is 11.6 Å². The summed E-state index contributed by atoms with van der Waals surface area (Å²) in [6.07, 6.45) is 9.19. The number of alkyl halides is 1. The summed E-state index contributed by atoms with van der Waals surface area (Å²) in [4.78, 5) is 34.1. The van der Waals surface area contributed by atoms with Gasteiger partial charge in [0.15, 0.2) is 0 Å². The molecule has 1 spiro atoms. The van der Waals surface area contributed by atoms with E-state index >= 15 is 0 Å². The molecule has 2 amide bonds. The van der Waals surface area contributed by atoms with Crippen LogP contribution in [-0.4, -0.2) is 46.3 Å². The molecule has 8 heteroatoms. The number of nitrogens with two attached hydrogens (primary N) is 1. The smallest absolute Gasteiger partial charge is 0.275 e. The highest BCUT2D eigenvalue weighted by Crippen LogP contribution is 2.49. The fourth-order valence-electron chi connectivity index (χ4n) is 5.91. The molecule has 1 heterocycles. The summed E-state index contributed by atoms with van der Waals surface area (Å²) in [6, 6.07) is 7.19. The number of carbonyl (C=O) groups is 2. The van der Waals surface area contributed by atoms with E-state index in [4.69, 9.17) is 27.7 Å². The number of halogens is 1. The van der Waals surface area contributed by atoms with Crippen molar-refractivity contribution in [2.24, 2.45) is 22.1 Å². The highest BCUT2D eigenvalue weighted by atomic mass is 35.5. The number of carbonyl (C=O) groups excluding carboxylic acids is 2. The minimum absolute atomic E-state index is 0.00273. The van der Waals surface area contributed by atoms with Gasteiger partial charge in [-0.2, -0.15) is 0 Å². The molecule has 1 aliphatic carbocycles. The lowest BCUT2D eigenvalue weighted by Crippen LogP contribution is -2.51. The zero-order valence-corrected chi connectivity index (χ0v) is 25.7. The van der Waals surface area contributed by atoms with E-state index in [1.807, 2.05) is 29.2 Å². The second kappa shape index (κ2) is 13.2. The standard InChI is InChI=1S/C32H46ClN5O2/c1-7-21(3)19-24(15-18-33)28-30(40)38(32(37-28)16-13-25(14-17-32)31(4,5)6)26(8-2)22-9-11-23(12-10-22)29(39)36-20-27(34)35/h9-12,15,19,25-26H,7-8,13-14,16-18,20H2,1-6H3,(H3,34,35)(H,36,39)/b21-19-,24-15+. The Morgan fingerprint density at radius 2 is 1.88 bits per heavy atom. The van der Waals surface area contributed by atoms with Crippen molar-refractivity contribution in [2.45, 2.75) is 91.8 Å². The van der Waals surface area contributed by atoms with Gasteiger partial charge in [-0.05, 0) is 74.5 Å². The van der Waals surface area contributed by atoms with E-state index in [1.165, 1.54) is 5.57 Å². The lowest BCUT2D eigenvalue weighted by Gasteiger charge is -2.47. The second-order valence-corrected chi connectivity index (χ2v) is 12.5. The van der Waals surface area contributed by atoms with Crippen LogP contribution in [0, 0.1) is 16.7 Å². The molecule has 0 aromatic heterocycles. The molecule has 1 fully saturated rings. The Hall–Kier alpha value is -2.93. The van der Waals surface area contributed by atoms with Gasteiger partial charge in [0.1, 0.15) is 17.2 Å². The van der Waals surface area contributed by atoms with Gasteiger partial charge in [-0.15, -0.1) is 11.6 Å². The average molecular weight is 568 g/mol. The molecule has 1 atom stereocenters. The molecule has 1 unspecified atom stereocenters. The average Bonchev–Trinajstić information content (AvgIpc) is 3.18. The summed E-state index contributed by atoms with van der Waals surface area (Å²) in [5.74, 6) is 0.433. The molecule has 4 N–H and O–H groups in total. The van der Waals surface area contributed by atoms with Crippen LogP contribution in [0.4, 0.5) is 0 Å². The number of rotatable bonds is 10. The number of amidine groups is 1. The second-order valence-electron chi connectivity index (χ2n) is 12.2. The Kier molecular flexibility index (Phi) is 10.4. The van der Waals surface area contributed by atoms with Crippen LogP contribution in [0.25, 0.3) is 0 Å². The fourth-order valence-corrected chi connectivity index (χ4v) is 6.07. The third-order valence-electron chi connectivity index (χ3n) is 8.43. The topological polar surface area (TPSA) is 112 Å². The number of hydrogen-bond acceptors (Lipinski definition) is 4. The minimum Gasteiger partial charge on any atom is -0.386 e. The number of amides is 2. The van der Waals surface area contributed by atoms with Crippen molar-refractivity contribution in [2.75, 3.05) is 12.4 Å². The molecule has 3 rings (SSSR count). The first-order chi connectivity index (χ1) is 18.9. The number of nitrogens with zero attached hydrogens (tertiary/aromatic N) is 2. The summed E-state index contributed by atoms with van der Waals surface area (Å²) in [6.45, 7) is 13.1. The zero-order valence-electron chi connectivity index (χ0n) is 24.9. The molecular formula is C32H46ClN5O2. The van der Waals surface area contributed by atoms with Gasteiger partial charge in [0, 0.05) is 17.0 Å². The molecule has 0 radical (unpaired) electrons. The Balaban J connectivity index is 2.02. The highest BCUT2D eigenvalue weighted by Gasteiger charge is 2.52.